The van der Waals surface area contributed by atoms with Gasteiger partial charge in [-0.05, 0) is 42.8 Å². The first-order valence-corrected chi connectivity index (χ1v) is 10.7. The minimum Gasteiger partial charge on any atom is -0.345 e. The maximum Gasteiger partial charge on any atom is 0.251 e. The van der Waals surface area contributed by atoms with Gasteiger partial charge in [-0.2, -0.15) is 0 Å². The maximum absolute atomic E-state index is 13.1. The van der Waals surface area contributed by atoms with Crippen molar-refractivity contribution < 1.29 is 9.18 Å². The van der Waals surface area contributed by atoms with E-state index in [9.17, 15) is 9.18 Å². The number of nitrogens with zero attached hydrogens (tertiary/aromatic N) is 2. The van der Waals surface area contributed by atoms with Crippen LogP contribution in [0.5, 0.6) is 0 Å². The molecule has 2 aromatic carbocycles. The van der Waals surface area contributed by atoms with E-state index in [1.807, 2.05) is 18.2 Å². The summed E-state index contributed by atoms with van der Waals surface area (Å²) in [4.78, 5) is 17.1. The molecule has 0 saturated heterocycles. The Morgan fingerprint density at radius 1 is 0.966 bits per heavy atom. The van der Waals surface area contributed by atoms with Gasteiger partial charge in [0.1, 0.15) is 11.6 Å². The third-order valence-electron chi connectivity index (χ3n) is 5.23. The lowest BCUT2D eigenvalue weighted by Gasteiger charge is -2.10. The van der Waals surface area contributed by atoms with E-state index in [4.69, 9.17) is 4.98 Å². The van der Waals surface area contributed by atoms with Gasteiger partial charge < -0.3 is 9.88 Å². The molecule has 0 aliphatic rings. The number of aromatic nitrogens is 2. The van der Waals surface area contributed by atoms with E-state index in [0.717, 1.165) is 29.8 Å². The Morgan fingerprint density at radius 2 is 1.66 bits per heavy atom. The second-order valence-electron chi connectivity index (χ2n) is 7.48. The minimum absolute atomic E-state index is 0.223. The molecule has 0 spiro atoms. The standard InChI is InChI=1S/C24H30FN3O/c1-2-3-4-5-6-7-10-17-28-22-12-9-8-11-21(22)27-23(28)18-26-24(29)19-13-15-20(25)16-14-19/h8-9,11-16H,2-7,10,17-18H2,1H3,(H,26,29). The Balaban J connectivity index is 1.61. The number of aryl methyl sites for hydroxylation is 1. The molecule has 154 valence electrons. The molecule has 5 heteroatoms. The van der Waals surface area contributed by atoms with Gasteiger partial charge in [0.05, 0.1) is 17.6 Å². The molecule has 1 aromatic heterocycles. The van der Waals surface area contributed by atoms with E-state index in [-0.39, 0.29) is 11.7 Å². The number of nitrogens with one attached hydrogen (secondary N) is 1. The third-order valence-corrected chi connectivity index (χ3v) is 5.23. The normalized spacial score (nSPS) is 11.1. The van der Waals surface area contributed by atoms with E-state index >= 15 is 0 Å². The van der Waals surface area contributed by atoms with E-state index in [1.54, 1.807) is 0 Å². The van der Waals surface area contributed by atoms with Crippen molar-refractivity contribution in [1.29, 1.82) is 0 Å². The maximum atomic E-state index is 13.1. The first kappa shape index (κ1) is 21.0. The number of rotatable bonds is 11. The van der Waals surface area contributed by atoms with Crippen molar-refractivity contribution >= 4 is 16.9 Å². The number of amides is 1. The molecule has 0 radical (unpaired) electrons. The summed E-state index contributed by atoms with van der Waals surface area (Å²) in [6, 6.07) is 13.7. The predicted molar refractivity (Wildman–Crippen MR) is 115 cm³/mol. The van der Waals surface area contributed by atoms with Crippen LogP contribution >= 0.6 is 0 Å². The Bertz CT molecular complexity index is 918. The summed E-state index contributed by atoms with van der Waals surface area (Å²) >= 11 is 0. The molecule has 0 saturated carbocycles. The molecule has 29 heavy (non-hydrogen) atoms. The van der Waals surface area contributed by atoms with Gasteiger partial charge in [-0.25, -0.2) is 9.37 Å². The molecule has 0 aliphatic carbocycles. The fraction of sp³-hybridized carbons (Fsp3) is 0.417. The summed E-state index contributed by atoms with van der Waals surface area (Å²) in [7, 11) is 0. The van der Waals surface area contributed by atoms with E-state index < -0.39 is 0 Å². The Hall–Kier alpha value is -2.69. The van der Waals surface area contributed by atoms with Crippen molar-refractivity contribution in [2.75, 3.05) is 0 Å². The first-order chi connectivity index (χ1) is 14.2. The number of carbonyl (C=O) groups excluding carboxylic acids is 1. The molecule has 0 atom stereocenters. The lowest BCUT2D eigenvalue weighted by atomic mass is 10.1. The van der Waals surface area contributed by atoms with Crippen molar-refractivity contribution in [1.82, 2.24) is 14.9 Å². The third kappa shape index (κ3) is 5.89. The number of hydrogen-bond donors (Lipinski definition) is 1. The van der Waals surface area contributed by atoms with Gasteiger partial charge in [-0.15, -0.1) is 0 Å². The number of carbonyl (C=O) groups is 1. The van der Waals surface area contributed by atoms with Crippen LogP contribution in [0.25, 0.3) is 11.0 Å². The second-order valence-corrected chi connectivity index (χ2v) is 7.48. The van der Waals surface area contributed by atoms with Gasteiger partial charge in [0.15, 0.2) is 0 Å². The monoisotopic (exact) mass is 395 g/mol. The van der Waals surface area contributed by atoms with Crippen LogP contribution in [0, 0.1) is 5.82 Å². The van der Waals surface area contributed by atoms with Gasteiger partial charge in [-0.3, -0.25) is 4.79 Å². The highest BCUT2D eigenvalue weighted by molar-refractivity contribution is 5.94. The summed E-state index contributed by atoms with van der Waals surface area (Å²) in [6.45, 7) is 3.48. The summed E-state index contributed by atoms with van der Waals surface area (Å²) in [5.74, 6) is 0.283. The lowest BCUT2D eigenvalue weighted by molar-refractivity contribution is 0.0949. The van der Waals surface area contributed by atoms with Crippen molar-refractivity contribution in [2.24, 2.45) is 0 Å². The van der Waals surface area contributed by atoms with Gasteiger partial charge in [-0.1, -0.05) is 57.6 Å². The summed E-state index contributed by atoms with van der Waals surface area (Å²) in [5.41, 5.74) is 2.49. The number of unbranched alkanes of at least 4 members (excludes halogenated alkanes) is 6. The van der Waals surface area contributed by atoms with E-state index in [1.165, 1.54) is 62.8 Å². The molecule has 1 N–H and O–H groups in total. The van der Waals surface area contributed by atoms with Crippen LogP contribution in [0.1, 0.15) is 68.1 Å². The Kier molecular flexibility index (Phi) is 7.79. The van der Waals surface area contributed by atoms with Crippen molar-refractivity contribution in [3.8, 4) is 0 Å². The average Bonchev–Trinajstić information content (AvgIpc) is 3.09. The van der Waals surface area contributed by atoms with Crippen molar-refractivity contribution in [2.45, 2.75) is 65.0 Å². The SMILES string of the molecule is CCCCCCCCCn1c(CNC(=O)c2ccc(F)cc2)nc2ccccc21. The Morgan fingerprint density at radius 3 is 2.41 bits per heavy atom. The fourth-order valence-electron chi connectivity index (χ4n) is 3.60. The van der Waals surface area contributed by atoms with Crippen LogP contribution in [0.3, 0.4) is 0 Å². The quantitative estimate of drug-likeness (QED) is 0.414. The number of fused-ring (bicyclic) bond motifs is 1. The topological polar surface area (TPSA) is 46.9 Å². The van der Waals surface area contributed by atoms with Crippen LogP contribution in [0.2, 0.25) is 0 Å². The van der Waals surface area contributed by atoms with Gasteiger partial charge in [0.25, 0.3) is 5.91 Å². The molecule has 1 amide bonds. The average molecular weight is 396 g/mol. The Labute approximate surface area is 172 Å². The van der Waals surface area contributed by atoms with Gasteiger partial charge in [0, 0.05) is 12.1 Å². The molecule has 4 nitrogen and oxygen atoms in total. The summed E-state index contributed by atoms with van der Waals surface area (Å²) in [5, 5.41) is 2.92. The number of para-hydroxylation sites is 2. The molecule has 0 unspecified atom stereocenters. The molecule has 0 fully saturated rings. The predicted octanol–water partition coefficient (Wildman–Crippen LogP) is 5.86. The molecular weight excluding hydrogens is 365 g/mol. The number of benzene rings is 2. The van der Waals surface area contributed by atoms with Crippen molar-refractivity contribution in [3.05, 3.63) is 65.7 Å². The lowest BCUT2D eigenvalue weighted by Crippen LogP contribution is -2.24. The zero-order valence-corrected chi connectivity index (χ0v) is 17.2. The molecule has 3 rings (SSSR count). The molecule has 0 aliphatic heterocycles. The first-order valence-electron chi connectivity index (χ1n) is 10.7. The number of halogens is 1. The van der Waals surface area contributed by atoms with E-state index in [2.05, 4.69) is 22.9 Å². The highest BCUT2D eigenvalue weighted by Gasteiger charge is 2.12. The molecule has 0 bridgehead atoms. The van der Waals surface area contributed by atoms with Crippen molar-refractivity contribution in [3.63, 3.8) is 0 Å². The number of imidazole rings is 1. The molecule has 3 aromatic rings. The molecule has 1 heterocycles. The summed E-state index contributed by atoms with van der Waals surface area (Å²) in [6.07, 6.45) is 8.80. The van der Waals surface area contributed by atoms with Crippen LogP contribution in [0.4, 0.5) is 4.39 Å². The second kappa shape index (κ2) is 10.7. The zero-order valence-electron chi connectivity index (χ0n) is 17.2. The fourth-order valence-corrected chi connectivity index (χ4v) is 3.60. The highest BCUT2D eigenvalue weighted by atomic mass is 19.1. The zero-order chi connectivity index (χ0) is 20.5. The van der Waals surface area contributed by atoms with Crippen LogP contribution in [-0.4, -0.2) is 15.5 Å². The highest BCUT2D eigenvalue weighted by Crippen LogP contribution is 2.18. The number of hydrogen-bond acceptors (Lipinski definition) is 2. The van der Waals surface area contributed by atoms with Crippen LogP contribution in [0.15, 0.2) is 48.5 Å². The van der Waals surface area contributed by atoms with Gasteiger partial charge >= 0.3 is 0 Å². The van der Waals surface area contributed by atoms with Gasteiger partial charge in [0.2, 0.25) is 0 Å². The van der Waals surface area contributed by atoms with E-state index in [0.29, 0.717) is 12.1 Å². The largest absolute Gasteiger partial charge is 0.345 e. The summed E-state index contributed by atoms with van der Waals surface area (Å²) < 4.78 is 15.3. The minimum atomic E-state index is -0.349. The molecular formula is C24H30FN3O. The van der Waals surface area contributed by atoms with Crippen LogP contribution in [-0.2, 0) is 13.1 Å². The smallest absolute Gasteiger partial charge is 0.251 e. The van der Waals surface area contributed by atoms with Crippen LogP contribution < -0.4 is 5.32 Å².